The third-order valence-corrected chi connectivity index (χ3v) is 12.5. The highest BCUT2D eigenvalue weighted by Gasteiger charge is 2.26. The third-order valence-electron chi connectivity index (χ3n) is 12.5. The number of fused-ring (bicyclic) bond motifs is 5. The van der Waals surface area contributed by atoms with Crippen molar-refractivity contribution >= 4 is 150 Å². The standard InChI is InChI=1S/C44H36B8O/c45-37-33-31(24-18-19-30-28(20-24)26-11-6-7-13-29(26)53-30)34-36(40(48)44(52)42(50)38(34)46)32(35(33)39(47)43(51)41(37)49)27-12-5-4-10-25(27)23-16-14-22(15-17-23)21-8-2-1-3-9-21/h1-20H,45-52H2. The molecule has 0 saturated heterocycles. The molecule has 0 aliphatic heterocycles. The fourth-order valence-corrected chi connectivity index (χ4v) is 8.99. The quantitative estimate of drug-likeness (QED) is 0.167. The van der Waals surface area contributed by atoms with Crippen molar-refractivity contribution in [2.75, 3.05) is 0 Å². The normalized spacial score (nSPS) is 11.6. The van der Waals surface area contributed by atoms with Crippen LogP contribution >= 0.6 is 0 Å². The molecule has 0 bridgehead atoms. The lowest BCUT2D eigenvalue weighted by molar-refractivity contribution is 0.669. The number of hydrogen-bond acceptors (Lipinski definition) is 1. The summed E-state index contributed by atoms with van der Waals surface area (Å²) in [5, 5.41) is 7.71. The molecular formula is C44H36B8O. The average molecular weight is 667 g/mol. The second kappa shape index (κ2) is 12.6. The number of benzene rings is 8. The van der Waals surface area contributed by atoms with Gasteiger partial charge < -0.3 is 4.42 Å². The lowest BCUT2D eigenvalue weighted by Gasteiger charge is -2.28. The highest BCUT2D eigenvalue weighted by Crippen LogP contribution is 2.44. The molecule has 0 atom stereocenters. The summed E-state index contributed by atoms with van der Waals surface area (Å²) in [5.41, 5.74) is 22.8. The van der Waals surface area contributed by atoms with Gasteiger partial charge in [0.05, 0.1) is 0 Å². The minimum absolute atomic E-state index is 0.923. The second-order valence-corrected chi connectivity index (χ2v) is 15.0. The van der Waals surface area contributed by atoms with Gasteiger partial charge in [-0.2, -0.15) is 0 Å². The molecule has 1 nitrogen and oxygen atoms in total. The maximum Gasteiger partial charge on any atom is 0.139 e. The van der Waals surface area contributed by atoms with Crippen LogP contribution in [0.4, 0.5) is 0 Å². The van der Waals surface area contributed by atoms with E-state index in [1.165, 1.54) is 110 Å². The molecule has 242 valence electrons. The third kappa shape index (κ3) is 5.04. The topological polar surface area (TPSA) is 13.1 Å². The number of rotatable bonds is 4. The van der Waals surface area contributed by atoms with Crippen molar-refractivity contribution in [2.45, 2.75) is 0 Å². The molecule has 1 heterocycles. The first-order chi connectivity index (χ1) is 25.7. The van der Waals surface area contributed by atoms with Gasteiger partial charge in [0.25, 0.3) is 0 Å². The van der Waals surface area contributed by atoms with Gasteiger partial charge in [-0.15, -0.1) is 21.9 Å². The van der Waals surface area contributed by atoms with Gasteiger partial charge in [0, 0.05) is 10.8 Å². The predicted molar refractivity (Wildman–Crippen MR) is 256 cm³/mol. The highest BCUT2D eigenvalue weighted by atomic mass is 16.3. The molecule has 0 spiro atoms. The molecule has 8 aromatic carbocycles. The summed E-state index contributed by atoms with van der Waals surface area (Å²) in [7, 11) is 18.6. The summed E-state index contributed by atoms with van der Waals surface area (Å²) in [4.78, 5) is 0. The van der Waals surface area contributed by atoms with E-state index in [0.29, 0.717) is 0 Å². The van der Waals surface area contributed by atoms with E-state index in [-0.39, 0.29) is 0 Å². The van der Waals surface area contributed by atoms with Crippen LogP contribution in [0.15, 0.2) is 126 Å². The maximum absolute atomic E-state index is 6.34. The van der Waals surface area contributed by atoms with Crippen LogP contribution in [0.1, 0.15) is 0 Å². The van der Waals surface area contributed by atoms with Crippen molar-refractivity contribution < 1.29 is 4.42 Å². The summed E-state index contributed by atoms with van der Waals surface area (Å²) < 4.78 is 6.34. The lowest BCUT2D eigenvalue weighted by Crippen LogP contribution is -2.50. The van der Waals surface area contributed by atoms with Crippen LogP contribution in [0.5, 0.6) is 0 Å². The van der Waals surface area contributed by atoms with Crippen molar-refractivity contribution in [3.63, 3.8) is 0 Å². The van der Waals surface area contributed by atoms with E-state index in [1.807, 2.05) is 0 Å². The first kappa shape index (κ1) is 33.4. The molecule has 0 saturated carbocycles. The van der Waals surface area contributed by atoms with E-state index in [9.17, 15) is 0 Å². The Labute approximate surface area is 318 Å². The Morgan fingerprint density at radius 2 is 0.736 bits per heavy atom. The molecule has 0 amide bonds. The Balaban J connectivity index is 1.45. The zero-order valence-electron chi connectivity index (χ0n) is 32.0. The predicted octanol–water partition coefficient (Wildman–Crippen LogP) is -1.37. The summed E-state index contributed by atoms with van der Waals surface area (Å²) >= 11 is 0. The monoisotopic (exact) mass is 668 g/mol. The molecule has 9 heteroatoms. The smallest absolute Gasteiger partial charge is 0.139 e. The average Bonchev–Trinajstić information content (AvgIpc) is 3.58. The second-order valence-electron chi connectivity index (χ2n) is 15.0. The van der Waals surface area contributed by atoms with E-state index in [2.05, 4.69) is 184 Å². The molecule has 53 heavy (non-hydrogen) atoms. The molecule has 0 aliphatic rings. The van der Waals surface area contributed by atoms with Gasteiger partial charge in [-0.3, -0.25) is 0 Å². The Bertz CT molecular complexity index is 2890. The van der Waals surface area contributed by atoms with E-state index in [1.54, 1.807) is 0 Å². The summed E-state index contributed by atoms with van der Waals surface area (Å²) in [6.45, 7) is 0. The molecule has 0 N–H and O–H groups in total. The van der Waals surface area contributed by atoms with E-state index >= 15 is 0 Å². The molecule has 1 aromatic heterocycles. The Morgan fingerprint density at radius 1 is 0.302 bits per heavy atom. The fraction of sp³-hybridized carbons (Fsp3) is 0. The lowest BCUT2D eigenvalue weighted by atomic mass is 9.59. The van der Waals surface area contributed by atoms with Crippen molar-refractivity contribution in [3.05, 3.63) is 121 Å². The van der Waals surface area contributed by atoms with E-state index in [0.717, 1.165) is 21.9 Å². The Morgan fingerprint density at radius 3 is 1.34 bits per heavy atom. The maximum atomic E-state index is 6.34. The van der Waals surface area contributed by atoms with Crippen LogP contribution in [0.25, 0.3) is 88.0 Å². The molecular weight excluding hydrogens is 631 g/mol. The molecule has 0 unspecified atom stereocenters. The molecule has 0 aliphatic carbocycles. The minimum Gasteiger partial charge on any atom is -0.456 e. The first-order valence-corrected chi connectivity index (χ1v) is 18.8. The molecule has 0 fully saturated rings. The van der Waals surface area contributed by atoms with Crippen LogP contribution in [0.2, 0.25) is 0 Å². The van der Waals surface area contributed by atoms with Crippen LogP contribution in [0.3, 0.4) is 0 Å². The van der Waals surface area contributed by atoms with Crippen LogP contribution in [-0.2, 0) is 0 Å². The van der Waals surface area contributed by atoms with Crippen molar-refractivity contribution in [1.82, 2.24) is 0 Å². The largest absolute Gasteiger partial charge is 0.456 e. The first-order valence-electron chi connectivity index (χ1n) is 18.8. The molecule has 0 radical (unpaired) electrons. The Kier molecular flexibility index (Phi) is 7.97. The van der Waals surface area contributed by atoms with Crippen molar-refractivity contribution in [1.29, 1.82) is 0 Å². The summed E-state index contributed by atoms with van der Waals surface area (Å²) in [6.07, 6.45) is 0. The number of hydrogen-bond donors (Lipinski definition) is 0. The highest BCUT2D eigenvalue weighted by molar-refractivity contribution is 6.71. The van der Waals surface area contributed by atoms with Crippen LogP contribution in [0, 0.1) is 0 Å². The molecule has 9 rings (SSSR count). The van der Waals surface area contributed by atoms with Gasteiger partial charge in [-0.25, -0.2) is 0 Å². The van der Waals surface area contributed by atoms with E-state index in [4.69, 9.17) is 4.42 Å². The van der Waals surface area contributed by atoms with Crippen molar-refractivity contribution in [3.8, 4) is 44.5 Å². The van der Waals surface area contributed by atoms with Gasteiger partial charge in [0.1, 0.15) is 73.9 Å². The number of para-hydroxylation sites is 1. The fourth-order valence-electron chi connectivity index (χ4n) is 8.99. The van der Waals surface area contributed by atoms with Gasteiger partial charge in [0.15, 0.2) is 0 Å². The molecule has 9 aromatic rings. The summed E-state index contributed by atoms with van der Waals surface area (Å²) in [5.74, 6) is 0. The van der Waals surface area contributed by atoms with Crippen LogP contribution in [-0.4, -0.2) is 62.8 Å². The SMILES string of the molecule is Bc1c(B)c(B)c2c(-c3ccccc3-c3ccc(-c4ccccc4)cc3)c3c(B)c(B)c(B)c(B)c3c(-c3ccc4oc5ccccc5c4c3)c2c1B. The van der Waals surface area contributed by atoms with Gasteiger partial charge in [0.2, 0.25) is 0 Å². The van der Waals surface area contributed by atoms with Crippen LogP contribution < -0.4 is 43.7 Å². The van der Waals surface area contributed by atoms with Gasteiger partial charge in [-0.1, -0.05) is 125 Å². The zero-order chi connectivity index (χ0) is 36.7. The van der Waals surface area contributed by atoms with E-state index < -0.39 is 0 Å². The van der Waals surface area contributed by atoms with Gasteiger partial charge >= 0.3 is 0 Å². The number of furan rings is 1. The van der Waals surface area contributed by atoms with Gasteiger partial charge in [-0.05, 0) is 84.3 Å². The Hall–Kier alpha value is -5.40. The summed E-state index contributed by atoms with van der Waals surface area (Å²) in [6, 6.07) is 44.1. The van der Waals surface area contributed by atoms with Crippen molar-refractivity contribution in [2.24, 2.45) is 0 Å². The zero-order valence-corrected chi connectivity index (χ0v) is 32.0. The minimum atomic E-state index is 0.923.